The van der Waals surface area contributed by atoms with Gasteiger partial charge in [-0.25, -0.2) is 19.6 Å². The van der Waals surface area contributed by atoms with Crippen LogP contribution in [0.15, 0.2) is 78.2 Å². The Labute approximate surface area is 340 Å². The summed E-state index contributed by atoms with van der Waals surface area (Å²) in [7, 11) is 0. The molecular formula is C43H48N6O8S. The Morgan fingerprint density at radius 2 is 1.83 bits per heavy atom. The normalized spacial score (nSPS) is 24.3. The number of fused-ring (bicyclic) bond motifs is 3. The van der Waals surface area contributed by atoms with Gasteiger partial charge in [0.05, 0.1) is 28.9 Å². The Bertz CT molecular complexity index is 2210. The fourth-order valence-corrected chi connectivity index (χ4v) is 8.22. The van der Waals surface area contributed by atoms with Gasteiger partial charge in [0.15, 0.2) is 0 Å². The summed E-state index contributed by atoms with van der Waals surface area (Å²) in [6.07, 6.45) is 6.04. The van der Waals surface area contributed by atoms with E-state index in [1.807, 2.05) is 60.0 Å². The number of aromatic nitrogens is 2. The van der Waals surface area contributed by atoms with Crippen molar-refractivity contribution in [2.45, 2.75) is 101 Å². The quantitative estimate of drug-likeness (QED) is 0.148. The molecule has 4 amide bonds. The highest BCUT2D eigenvalue weighted by molar-refractivity contribution is 7.13. The van der Waals surface area contributed by atoms with Crippen LogP contribution in [0.4, 0.5) is 10.5 Å². The summed E-state index contributed by atoms with van der Waals surface area (Å²) in [5, 5.41) is 20.6. The zero-order valence-corrected chi connectivity index (χ0v) is 33.6. The molecular weight excluding hydrogens is 761 g/mol. The minimum atomic E-state index is -1.48. The SMILES string of the molecule is CC(C)(C)OC(=O)N[C@@H]1CCCCC/C=C\C2CC2(C(=O)O)NC(=O)C2C[C@@H](Oc3nc4ccc(NC(=O)Cc5ccccc5)cc4nc3-c3cccs3)CN2C1=O. The number of alkyl carbamates (subject to hydrolysis) is 1. The van der Waals surface area contributed by atoms with E-state index in [-0.39, 0.29) is 43.5 Å². The van der Waals surface area contributed by atoms with Gasteiger partial charge < -0.3 is 35.4 Å². The first-order chi connectivity index (χ1) is 27.8. The smallest absolute Gasteiger partial charge is 0.408 e. The lowest BCUT2D eigenvalue weighted by molar-refractivity contribution is -0.145. The van der Waals surface area contributed by atoms with Crippen LogP contribution in [0.1, 0.15) is 71.3 Å². The number of allylic oxidation sites excluding steroid dienone is 1. The number of benzene rings is 2. The van der Waals surface area contributed by atoms with Gasteiger partial charge >= 0.3 is 12.1 Å². The van der Waals surface area contributed by atoms with E-state index in [0.717, 1.165) is 29.7 Å². The molecule has 1 saturated heterocycles. The Hall–Kier alpha value is -5.83. The number of aliphatic carboxylic acids is 1. The highest BCUT2D eigenvalue weighted by Crippen LogP contribution is 2.45. The van der Waals surface area contributed by atoms with Crippen molar-refractivity contribution < 1.29 is 38.6 Å². The number of carbonyl (C=O) groups excluding carboxylic acids is 4. The van der Waals surface area contributed by atoms with Crippen molar-refractivity contribution in [3.05, 3.63) is 83.8 Å². The predicted octanol–water partition coefficient (Wildman–Crippen LogP) is 6.26. The summed E-state index contributed by atoms with van der Waals surface area (Å²) in [6.45, 7) is 5.15. The number of carboxylic acids is 1. The second kappa shape index (κ2) is 16.9. The van der Waals surface area contributed by atoms with Gasteiger partial charge in [-0.15, -0.1) is 11.3 Å². The van der Waals surface area contributed by atoms with E-state index in [4.69, 9.17) is 19.4 Å². The van der Waals surface area contributed by atoms with Gasteiger partial charge in [-0.3, -0.25) is 14.4 Å². The highest BCUT2D eigenvalue weighted by atomic mass is 32.1. The fraction of sp³-hybridized carbons (Fsp3) is 0.419. The molecule has 304 valence electrons. The number of hydrogen-bond acceptors (Lipinski definition) is 10. The molecule has 3 unspecified atom stereocenters. The van der Waals surface area contributed by atoms with E-state index in [1.54, 1.807) is 39.0 Å². The second-order valence-electron chi connectivity index (χ2n) is 16.1. The number of thiophene rings is 1. The number of nitrogens with one attached hydrogen (secondary N) is 3. The number of anilines is 1. The summed E-state index contributed by atoms with van der Waals surface area (Å²) in [5.74, 6) is -2.61. The van der Waals surface area contributed by atoms with Crippen LogP contribution in [0.2, 0.25) is 0 Å². The molecule has 15 heteroatoms. The molecule has 2 aliphatic heterocycles. The van der Waals surface area contributed by atoms with Crippen LogP contribution in [0.25, 0.3) is 21.6 Å². The van der Waals surface area contributed by atoms with Crippen LogP contribution in [-0.2, 0) is 30.3 Å². The van der Waals surface area contributed by atoms with E-state index in [1.165, 1.54) is 16.2 Å². The van der Waals surface area contributed by atoms with E-state index in [0.29, 0.717) is 35.3 Å². The predicted molar refractivity (Wildman–Crippen MR) is 218 cm³/mol. The third-order valence-electron chi connectivity index (χ3n) is 10.5. The molecule has 5 atom stereocenters. The summed E-state index contributed by atoms with van der Waals surface area (Å²) in [5.41, 5.74) is 0.614. The lowest BCUT2D eigenvalue weighted by Gasteiger charge is -2.30. The first-order valence-corrected chi connectivity index (χ1v) is 20.5. The van der Waals surface area contributed by atoms with Crippen LogP contribution in [0.3, 0.4) is 0 Å². The average Bonchev–Trinajstić information content (AvgIpc) is 3.46. The topological polar surface area (TPSA) is 189 Å². The first-order valence-electron chi connectivity index (χ1n) is 19.7. The summed E-state index contributed by atoms with van der Waals surface area (Å²) < 4.78 is 12.1. The molecule has 2 aromatic heterocycles. The van der Waals surface area contributed by atoms with Crippen LogP contribution >= 0.6 is 11.3 Å². The molecule has 2 aromatic carbocycles. The van der Waals surface area contributed by atoms with E-state index in [9.17, 15) is 29.1 Å². The summed E-state index contributed by atoms with van der Waals surface area (Å²) in [4.78, 5) is 79.0. The first kappa shape index (κ1) is 40.4. The molecule has 3 aliphatic rings. The number of amides is 4. The van der Waals surface area contributed by atoms with E-state index >= 15 is 0 Å². The van der Waals surface area contributed by atoms with Crippen molar-refractivity contribution in [1.29, 1.82) is 0 Å². The number of hydrogen-bond donors (Lipinski definition) is 4. The molecule has 1 saturated carbocycles. The summed E-state index contributed by atoms with van der Waals surface area (Å²) >= 11 is 1.44. The van der Waals surface area contributed by atoms with Gasteiger partial charge in [0.25, 0.3) is 0 Å². The van der Waals surface area contributed by atoms with Gasteiger partial charge in [0.1, 0.15) is 35.0 Å². The zero-order valence-electron chi connectivity index (χ0n) is 32.7. The standard InChI is InChI=1S/C43H48N6O8S/c1-42(2,3)57-41(55)47-31-16-11-6-4-5-10-15-27-24-43(27,40(53)54)48-37(51)33-23-29(25-49(33)39(31)52)56-38-36(34-17-12-20-58-34)45-32-22-28(18-19-30(32)46-38)44-35(50)21-26-13-8-7-9-14-26/h7-10,12-15,17-20,22,27,29,31,33H,4-6,11,16,21,23-25H2,1-3H3,(H,44,50)(H,47,55)(H,48,51)(H,53,54)/b15-10-/t27?,29-,31-,33?,43?/m1/s1. The molecule has 2 fully saturated rings. The maximum absolute atomic E-state index is 14.5. The molecule has 4 heterocycles. The summed E-state index contributed by atoms with van der Waals surface area (Å²) in [6, 6.07) is 16.3. The Morgan fingerprint density at radius 1 is 1.02 bits per heavy atom. The van der Waals surface area contributed by atoms with Gasteiger partial charge in [-0.1, -0.05) is 61.4 Å². The number of carboxylic acid groups (broad SMARTS) is 1. The number of rotatable bonds is 8. The third kappa shape index (κ3) is 9.47. The Kier molecular flexibility index (Phi) is 11.8. The second-order valence-corrected chi connectivity index (χ2v) is 17.0. The molecule has 0 spiro atoms. The third-order valence-corrected chi connectivity index (χ3v) is 11.3. The minimum absolute atomic E-state index is 0.0307. The molecule has 0 radical (unpaired) electrons. The molecule has 4 N–H and O–H groups in total. The fourth-order valence-electron chi connectivity index (χ4n) is 7.51. The van der Waals surface area contributed by atoms with Crippen molar-refractivity contribution in [2.75, 3.05) is 11.9 Å². The lowest BCUT2D eigenvalue weighted by atomic mass is 10.0. The Morgan fingerprint density at radius 3 is 2.57 bits per heavy atom. The maximum atomic E-state index is 14.5. The van der Waals surface area contributed by atoms with Gasteiger partial charge in [0, 0.05) is 18.0 Å². The molecule has 4 aromatic rings. The molecule has 58 heavy (non-hydrogen) atoms. The van der Waals surface area contributed by atoms with Crippen LogP contribution in [0, 0.1) is 5.92 Å². The van der Waals surface area contributed by atoms with Crippen LogP contribution in [-0.4, -0.2) is 85.6 Å². The highest BCUT2D eigenvalue weighted by Gasteiger charge is 2.61. The van der Waals surface area contributed by atoms with Crippen LogP contribution in [0.5, 0.6) is 5.88 Å². The van der Waals surface area contributed by atoms with Gasteiger partial charge in [-0.05, 0) is 81.7 Å². The van der Waals surface area contributed by atoms with E-state index in [2.05, 4.69) is 16.0 Å². The van der Waals surface area contributed by atoms with Gasteiger partial charge in [-0.2, -0.15) is 0 Å². The van der Waals surface area contributed by atoms with E-state index < -0.39 is 53.2 Å². The van der Waals surface area contributed by atoms with Crippen molar-refractivity contribution in [3.63, 3.8) is 0 Å². The lowest BCUT2D eigenvalue weighted by Crippen LogP contribution is -2.56. The largest absolute Gasteiger partial charge is 0.479 e. The molecule has 0 bridgehead atoms. The van der Waals surface area contributed by atoms with Crippen molar-refractivity contribution >= 4 is 57.8 Å². The van der Waals surface area contributed by atoms with Crippen molar-refractivity contribution in [2.24, 2.45) is 5.92 Å². The van der Waals surface area contributed by atoms with Crippen LogP contribution < -0.4 is 20.7 Å². The zero-order chi connectivity index (χ0) is 41.0. The number of ether oxygens (including phenoxy) is 2. The van der Waals surface area contributed by atoms with Crippen molar-refractivity contribution in [1.82, 2.24) is 25.5 Å². The molecule has 14 nitrogen and oxygen atoms in total. The van der Waals surface area contributed by atoms with Crippen molar-refractivity contribution in [3.8, 4) is 16.5 Å². The monoisotopic (exact) mass is 808 g/mol. The van der Waals surface area contributed by atoms with Gasteiger partial charge in [0.2, 0.25) is 23.6 Å². The Balaban J connectivity index is 1.17. The maximum Gasteiger partial charge on any atom is 0.408 e. The number of carbonyl (C=O) groups is 5. The average molecular weight is 809 g/mol. The molecule has 1 aliphatic carbocycles. The molecule has 7 rings (SSSR count). The number of nitrogens with zero attached hydrogens (tertiary/aromatic N) is 3. The minimum Gasteiger partial charge on any atom is -0.479 e.